The first kappa shape index (κ1) is 16.8. The number of alkyl halides is 3. The maximum atomic E-state index is 12.8. The highest BCUT2D eigenvalue weighted by atomic mass is 35.5. The zero-order valence-corrected chi connectivity index (χ0v) is 13.1. The average Bonchev–Trinajstić information content (AvgIpc) is 2.40. The zero-order chi connectivity index (χ0) is 16.5. The van der Waals surface area contributed by atoms with E-state index in [0.29, 0.717) is 11.6 Å². The first-order chi connectivity index (χ1) is 10.1. The van der Waals surface area contributed by atoms with Crippen LogP contribution in [0.3, 0.4) is 0 Å². The highest BCUT2D eigenvalue weighted by Crippen LogP contribution is 2.36. The van der Waals surface area contributed by atoms with E-state index in [1.54, 1.807) is 31.2 Å². The molecule has 0 aliphatic carbocycles. The number of aryl methyl sites for hydroxylation is 1. The van der Waals surface area contributed by atoms with Crippen molar-refractivity contribution in [2.75, 3.05) is 0 Å². The van der Waals surface area contributed by atoms with Gasteiger partial charge in [0.25, 0.3) is 0 Å². The van der Waals surface area contributed by atoms with Crippen molar-refractivity contribution < 1.29 is 21.6 Å². The largest absolute Gasteiger partial charge is 0.417 e. The number of sulfone groups is 1. The lowest BCUT2D eigenvalue weighted by Gasteiger charge is -2.12. The van der Waals surface area contributed by atoms with E-state index in [9.17, 15) is 21.6 Å². The Morgan fingerprint density at radius 2 is 1.73 bits per heavy atom. The molecule has 0 radical (unpaired) electrons. The predicted molar refractivity (Wildman–Crippen MR) is 78.5 cm³/mol. The normalized spacial score (nSPS) is 12.4. The van der Waals surface area contributed by atoms with Gasteiger partial charge in [-0.25, -0.2) is 8.42 Å². The lowest BCUT2D eigenvalue weighted by atomic mass is 10.1. The minimum atomic E-state index is -4.70. The van der Waals surface area contributed by atoms with E-state index in [1.807, 2.05) is 0 Å². The van der Waals surface area contributed by atoms with E-state index >= 15 is 0 Å². The van der Waals surface area contributed by atoms with Crippen LogP contribution in [0.25, 0.3) is 0 Å². The monoisotopic (exact) mass is 348 g/mol. The van der Waals surface area contributed by atoms with Crippen molar-refractivity contribution >= 4 is 21.4 Å². The molecule has 0 heterocycles. The fourth-order valence-corrected chi connectivity index (χ4v) is 3.67. The van der Waals surface area contributed by atoms with E-state index in [-0.39, 0.29) is 5.75 Å². The molecule has 2 aromatic rings. The molecule has 2 aromatic carbocycles. The van der Waals surface area contributed by atoms with Gasteiger partial charge < -0.3 is 0 Å². The van der Waals surface area contributed by atoms with Crippen molar-refractivity contribution in [3.63, 3.8) is 0 Å². The second-order valence-electron chi connectivity index (χ2n) is 4.82. The van der Waals surface area contributed by atoms with E-state index < -0.39 is 31.5 Å². The summed E-state index contributed by atoms with van der Waals surface area (Å²) >= 11 is 5.50. The lowest BCUT2D eigenvalue weighted by Crippen LogP contribution is -2.10. The Morgan fingerprint density at radius 3 is 2.32 bits per heavy atom. The van der Waals surface area contributed by atoms with Crippen molar-refractivity contribution in [3.05, 3.63) is 64.2 Å². The molecule has 0 saturated heterocycles. The molecule has 0 N–H and O–H groups in total. The standard InChI is InChI=1S/C15H12ClF3O2S/c1-10-4-2-3-5-11(10)9-22(20,21)12-6-7-14(16)13(8-12)15(17,18)19/h2-8H,9H2,1H3. The Morgan fingerprint density at radius 1 is 1.09 bits per heavy atom. The molecule has 0 spiro atoms. The quantitative estimate of drug-likeness (QED) is 0.809. The molecular formula is C15H12ClF3O2S. The lowest BCUT2D eigenvalue weighted by molar-refractivity contribution is -0.137. The summed E-state index contributed by atoms with van der Waals surface area (Å²) < 4.78 is 63.2. The molecule has 0 aromatic heterocycles. The van der Waals surface area contributed by atoms with Crippen LogP contribution in [-0.4, -0.2) is 8.42 Å². The van der Waals surface area contributed by atoms with Gasteiger partial charge in [-0.05, 0) is 36.2 Å². The van der Waals surface area contributed by atoms with Gasteiger partial charge in [-0.15, -0.1) is 0 Å². The summed E-state index contributed by atoms with van der Waals surface area (Å²) in [5.41, 5.74) is 0.155. The minimum Gasteiger partial charge on any atom is -0.223 e. The molecule has 7 heteroatoms. The Hall–Kier alpha value is -1.53. The number of benzene rings is 2. The average molecular weight is 349 g/mol. The molecule has 2 nitrogen and oxygen atoms in total. The Kier molecular flexibility index (Phi) is 4.54. The van der Waals surface area contributed by atoms with Crippen LogP contribution in [0.5, 0.6) is 0 Å². The van der Waals surface area contributed by atoms with Crippen molar-refractivity contribution in [2.45, 2.75) is 23.7 Å². The van der Waals surface area contributed by atoms with Crippen LogP contribution in [0, 0.1) is 6.92 Å². The van der Waals surface area contributed by atoms with Gasteiger partial charge in [0, 0.05) is 0 Å². The molecule has 22 heavy (non-hydrogen) atoms. The fourth-order valence-electron chi connectivity index (χ4n) is 1.98. The molecule has 0 aliphatic rings. The molecule has 0 aliphatic heterocycles. The third kappa shape index (κ3) is 3.62. The van der Waals surface area contributed by atoms with Gasteiger partial charge in [0.15, 0.2) is 9.84 Å². The number of hydrogen-bond acceptors (Lipinski definition) is 2. The second kappa shape index (κ2) is 5.93. The summed E-state index contributed by atoms with van der Waals surface area (Å²) in [7, 11) is -3.89. The number of halogens is 4. The van der Waals surface area contributed by atoms with Crippen molar-refractivity contribution in [1.82, 2.24) is 0 Å². The third-order valence-electron chi connectivity index (χ3n) is 3.21. The predicted octanol–water partition coefficient (Wildman–Crippen LogP) is 4.64. The van der Waals surface area contributed by atoms with Crippen LogP contribution in [0.15, 0.2) is 47.4 Å². The molecule has 0 fully saturated rings. The molecule has 0 bridgehead atoms. The Balaban J connectivity index is 2.45. The van der Waals surface area contributed by atoms with E-state index in [0.717, 1.165) is 17.7 Å². The van der Waals surface area contributed by atoms with Gasteiger partial charge in [-0.2, -0.15) is 13.2 Å². The van der Waals surface area contributed by atoms with Crippen molar-refractivity contribution in [1.29, 1.82) is 0 Å². The van der Waals surface area contributed by atoms with Crippen LogP contribution in [0.1, 0.15) is 16.7 Å². The van der Waals surface area contributed by atoms with Crippen LogP contribution in [0.4, 0.5) is 13.2 Å². The maximum absolute atomic E-state index is 12.8. The fraction of sp³-hybridized carbons (Fsp3) is 0.200. The summed E-state index contributed by atoms with van der Waals surface area (Å²) in [5.74, 6) is -0.362. The van der Waals surface area contributed by atoms with Crippen LogP contribution in [0.2, 0.25) is 5.02 Å². The highest BCUT2D eigenvalue weighted by molar-refractivity contribution is 7.90. The van der Waals surface area contributed by atoms with Crippen LogP contribution >= 0.6 is 11.6 Å². The second-order valence-corrected chi connectivity index (χ2v) is 7.22. The van der Waals surface area contributed by atoms with Gasteiger partial charge in [0.1, 0.15) is 0 Å². The topological polar surface area (TPSA) is 34.1 Å². The van der Waals surface area contributed by atoms with Gasteiger partial charge in [0.2, 0.25) is 0 Å². The molecule has 2 rings (SSSR count). The van der Waals surface area contributed by atoms with Gasteiger partial charge >= 0.3 is 6.18 Å². The van der Waals surface area contributed by atoms with Gasteiger partial charge in [-0.1, -0.05) is 35.9 Å². The first-order valence-electron chi connectivity index (χ1n) is 6.25. The summed E-state index contributed by atoms with van der Waals surface area (Å²) in [6.45, 7) is 1.74. The minimum absolute atomic E-state index is 0.362. The highest BCUT2D eigenvalue weighted by Gasteiger charge is 2.34. The number of rotatable bonds is 3. The zero-order valence-electron chi connectivity index (χ0n) is 11.5. The molecule has 118 valence electrons. The Bertz CT molecular complexity index is 799. The summed E-state index contributed by atoms with van der Waals surface area (Å²) in [4.78, 5) is -0.396. The van der Waals surface area contributed by atoms with Gasteiger partial charge in [0.05, 0.1) is 21.2 Å². The molecule has 0 saturated carbocycles. The summed E-state index contributed by atoms with van der Waals surface area (Å²) in [6.07, 6.45) is -4.70. The van der Waals surface area contributed by atoms with Crippen LogP contribution in [-0.2, 0) is 21.8 Å². The molecular weight excluding hydrogens is 337 g/mol. The van der Waals surface area contributed by atoms with Crippen molar-refractivity contribution in [3.8, 4) is 0 Å². The van der Waals surface area contributed by atoms with Gasteiger partial charge in [-0.3, -0.25) is 0 Å². The smallest absolute Gasteiger partial charge is 0.223 e. The summed E-state index contributed by atoms with van der Waals surface area (Å²) in [5, 5.41) is -0.526. The van der Waals surface area contributed by atoms with E-state index in [4.69, 9.17) is 11.6 Å². The number of hydrogen-bond donors (Lipinski definition) is 0. The van der Waals surface area contributed by atoms with E-state index in [1.165, 1.54) is 0 Å². The van der Waals surface area contributed by atoms with E-state index in [2.05, 4.69) is 0 Å². The molecule has 0 amide bonds. The maximum Gasteiger partial charge on any atom is 0.417 e. The van der Waals surface area contributed by atoms with Crippen LogP contribution < -0.4 is 0 Å². The molecule has 0 unspecified atom stereocenters. The third-order valence-corrected chi connectivity index (χ3v) is 5.20. The Labute approximate surface area is 131 Å². The SMILES string of the molecule is Cc1ccccc1CS(=O)(=O)c1ccc(Cl)c(C(F)(F)F)c1. The molecule has 0 atom stereocenters. The summed E-state index contributed by atoms with van der Waals surface area (Å²) in [6, 6.07) is 9.44. The van der Waals surface area contributed by atoms with Crippen molar-refractivity contribution in [2.24, 2.45) is 0 Å². The first-order valence-corrected chi connectivity index (χ1v) is 8.28.